The minimum Gasteiger partial charge on any atom is -0.480 e. The van der Waals surface area contributed by atoms with Gasteiger partial charge in [-0.25, -0.2) is 0 Å². The molecule has 0 aromatic carbocycles. The van der Waals surface area contributed by atoms with Gasteiger partial charge in [-0.05, 0) is 5.92 Å². The number of nitrogens with one attached hydrogen (secondary N) is 1. The van der Waals surface area contributed by atoms with Gasteiger partial charge in [-0.1, -0.05) is 13.8 Å². The third-order valence-electron chi connectivity index (χ3n) is 1.52. The molecule has 0 aliphatic carbocycles. The third kappa shape index (κ3) is 4.75. The summed E-state index contributed by atoms with van der Waals surface area (Å²) in [5.74, 6) is -0.650. The Kier molecular flexibility index (Phi) is 4.81. The Morgan fingerprint density at radius 3 is 2.36 bits per heavy atom. The largest absolute Gasteiger partial charge is 0.480 e. The molecule has 0 bridgehead atoms. The maximum atomic E-state index is 10.1. The molecule has 0 aliphatic rings. The highest BCUT2D eigenvalue weighted by Crippen LogP contribution is 1.98. The first kappa shape index (κ1) is 10.4. The summed E-state index contributed by atoms with van der Waals surface area (Å²) >= 11 is 0. The van der Waals surface area contributed by atoms with E-state index < -0.39 is 5.97 Å². The van der Waals surface area contributed by atoms with Gasteiger partial charge in [0.05, 0.1) is 13.2 Å². The molecule has 1 unspecified atom stereocenters. The fourth-order valence-corrected chi connectivity index (χ4v) is 0.729. The molecular formula is C7H15NO3. The van der Waals surface area contributed by atoms with Crippen LogP contribution in [0.3, 0.4) is 0 Å². The van der Waals surface area contributed by atoms with Gasteiger partial charge in [0, 0.05) is 6.04 Å². The first-order valence-electron chi connectivity index (χ1n) is 3.64. The molecule has 0 fully saturated rings. The summed E-state index contributed by atoms with van der Waals surface area (Å²) in [5.41, 5.74) is 0. The van der Waals surface area contributed by atoms with Crippen LogP contribution in [0.5, 0.6) is 0 Å². The number of aliphatic hydroxyl groups is 1. The van der Waals surface area contributed by atoms with Crippen LogP contribution in [0, 0.1) is 5.92 Å². The van der Waals surface area contributed by atoms with E-state index in [1.807, 2.05) is 13.8 Å². The van der Waals surface area contributed by atoms with Gasteiger partial charge in [0.1, 0.15) is 0 Å². The summed E-state index contributed by atoms with van der Waals surface area (Å²) in [6, 6.07) is -0.119. The van der Waals surface area contributed by atoms with Crippen LogP contribution in [-0.2, 0) is 4.79 Å². The Bertz CT molecular complexity index is 125. The molecule has 0 spiro atoms. The van der Waals surface area contributed by atoms with Crippen LogP contribution in [-0.4, -0.2) is 35.4 Å². The highest BCUT2D eigenvalue weighted by atomic mass is 16.4. The molecule has 0 amide bonds. The van der Waals surface area contributed by atoms with E-state index in [0.717, 1.165) is 0 Å². The van der Waals surface area contributed by atoms with Gasteiger partial charge < -0.3 is 15.5 Å². The molecule has 4 heteroatoms. The number of carboxylic acid groups (broad SMARTS) is 1. The van der Waals surface area contributed by atoms with E-state index in [0.29, 0.717) is 0 Å². The van der Waals surface area contributed by atoms with Gasteiger partial charge in [-0.2, -0.15) is 0 Å². The van der Waals surface area contributed by atoms with Crippen LogP contribution in [0.1, 0.15) is 13.8 Å². The smallest absolute Gasteiger partial charge is 0.317 e. The molecule has 0 rings (SSSR count). The molecular weight excluding hydrogens is 146 g/mol. The predicted octanol–water partition coefficient (Wildman–Crippen LogP) is -0.323. The Labute approximate surface area is 66.2 Å². The van der Waals surface area contributed by atoms with Crippen LogP contribution >= 0.6 is 0 Å². The van der Waals surface area contributed by atoms with Crippen LogP contribution in [0.15, 0.2) is 0 Å². The van der Waals surface area contributed by atoms with Crippen molar-refractivity contribution in [2.75, 3.05) is 13.2 Å². The van der Waals surface area contributed by atoms with Crippen molar-refractivity contribution in [3.05, 3.63) is 0 Å². The minimum atomic E-state index is -0.899. The zero-order valence-corrected chi connectivity index (χ0v) is 6.87. The monoisotopic (exact) mass is 161 g/mol. The SMILES string of the molecule is CC(C)C(CO)NCC(=O)O. The molecule has 0 heterocycles. The standard InChI is InChI=1S/C7H15NO3/c1-5(2)6(4-9)8-3-7(10)11/h5-6,8-9H,3-4H2,1-2H3,(H,10,11). The number of carbonyl (C=O) groups is 1. The summed E-state index contributed by atoms with van der Waals surface area (Å²) in [6.45, 7) is 3.74. The maximum absolute atomic E-state index is 10.1. The second-order valence-corrected chi connectivity index (χ2v) is 2.81. The average molecular weight is 161 g/mol. The third-order valence-corrected chi connectivity index (χ3v) is 1.52. The van der Waals surface area contributed by atoms with Crippen molar-refractivity contribution >= 4 is 5.97 Å². The molecule has 3 N–H and O–H groups in total. The molecule has 0 saturated heterocycles. The molecule has 0 aromatic rings. The molecule has 1 atom stereocenters. The van der Waals surface area contributed by atoms with Crippen LogP contribution < -0.4 is 5.32 Å². The molecule has 4 nitrogen and oxygen atoms in total. The summed E-state index contributed by atoms with van der Waals surface area (Å²) in [5, 5.41) is 19.8. The predicted molar refractivity (Wildman–Crippen MR) is 41.4 cm³/mol. The number of aliphatic hydroxyl groups excluding tert-OH is 1. The Balaban J connectivity index is 3.61. The second-order valence-electron chi connectivity index (χ2n) is 2.81. The Morgan fingerprint density at radius 2 is 2.09 bits per heavy atom. The molecule has 0 aromatic heterocycles. The Morgan fingerprint density at radius 1 is 1.55 bits per heavy atom. The van der Waals surface area contributed by atoms with E-state index in [9.17, 15) is 4.79 Å². The minimum absolute atomic E-state index is 0.0229. The number of aliphatic carboxylic acids is 1. The fourth-order valence-electron chi connectivity index (χ4n) is 0.729. The maximum Gasteiger partial charge on any atom is 0.317 e. The lowest BCUT2D eigenvalue weighted by atomic mass is 10.1. The zero-order chi connectivity index (χ0) is 8.85. The fraction of sp³-hybridized carbons (Fsp3) is 0.857. The van der Waals surface area contributed by atoms with Crippen LogP contribution in [0.25, 0.3) is 0 Å². The number of hydrogen-bond donors (Lipinski definition) is 3. The van der Waals surface area contributed by atoms with Crippen molar-refractivity contribution in [3.8, 4) is 0 Å². The summed E-state index contributed by atoms with van der Waals surface area (Å²) in [4.78, 5) is 10.1. The zero-order valence-electron chi connectivity index (χ0n) is 6.87. The molecule has 11 heavy (non-hydrogen) atoms. The van der Waals surface area contributed by atoms with Crippen molar-refractivity contribution in [2.45, 2.75) is 19.9 Å². The highest BCUT2D eigenvalue weighted by molar-refractivity contribution is 5.69. The average Bonchev–Trinajstić information content (AvgIpc) is 1.87. The summed E-state index contributed by atoms with van der Waals surface area (Å²) < 4.78 is 0. The van der Waals surface area contributed by atoms with Crippen molar-refractivity contribution in [2.24, 2.45) is 5.92 Å². The van der Waals surface area contributed by atoms with Gasteiger partial charge in [0.25, 0.3) is 0 Å². The second kappa shape index (κ2) is 5.09. The van der Waals surface area contributed by atoms with Crippen LogP contribution in [0.4, 0.5) is 0 Å². The van der Waals surface area contributed by atoms with Gasteiger partial charge in [0.2, 0.25) is 0 Å². The van der Waals surface area contributed by atoms with Gasteiger partial charge in [0.15, 0.2) is 0 Å². The number of hydrogen-bond acceptors (Lipinski definition) is 3. The lowest BCUT2D eigenvalue weighted by molar-refractivity contribution is -0.136. The van der Waals surface area contributed by atoms with E-state index in [1.165, 1.54) is 0 Å². The number of rotatable bonds is 5. The first-order valence-corrected chi connectivity index (χ1v) is 3.64. The van der Waals surface area contributed by atoms with E-state index in [-0.39, 0.29) is 25.1 Å². The van der Waals surface area contributed by atoms with E-state index >= 15 is 0 Å². The molecule has 0 radical (unpaired) electrons. The normalized spacial score (nSPS) is 13.5. The topological polar surface area (TPSA) is 69.6 Å². The quantitative estimate of drug-likeness (QED) is 0.516. The van der Waals surface area contributed by atoms with Crippen molar-refractivity contribution in [3.63, 3.8) is 0 Å². The molecule has 66 valence electrons. The lowest BCUT2D eigenvalue weighted by Gasteiger charge is -2.18. The van der Waals surface area contributed by atoms with E-state index in [1.54, 1.807) is 0 Å². The molecule has 0 saturated carbocycles. The van der Waals surface area contributed by atoms with Crippen LogP contribution in [0.2, 0.25) is 0 Å². The molecule has 0 aliphatic heterocycles. The van der Waals surface area contributed by atoms with Crippen molar-refractivity contribution in [1.29, 1.82) is 0 Å². The van der Waals surface area contributed by atoms with E-state index in [2.05, 4.69) is 5.32 Å². The van der Waals surface area contributed by atoms with Gasteiger partial charge >= 0.3 is 5.97 Å². The number of carboxylic acids is 1. The van der Waals surface area contributed by atoms with Gasteiger partial charge in [-0.15, -0.1) is 0 Å². The summed E-state index contributed by atoms with van der Waals surface area (Å²) in [7, 11) is 0. The van der Waals surface area contributed by atoms with Crippen molar-refractivity contribution in [1.82, 2.24) is 5.32 Å². The highest BCUT2D eigenvalue weighted by Gasteiger charge is 2.11. The van der Waals surface area contributed by atoms with Gasteiger partial charge in [-0.3, -0.25) is 4.79 Å². The lowest BCUT2D eigenvalue weighted by Crippen LogP contribution is -2.39. The van der Waals surface area contributed by atoms with E-state index in [4.69, 9.17) is 10.2 Å². The first-order chi connectivity index (χ1) is 5.07. The Hall–Kier alpha value is -0.610. The summed E-state index contributed by atoms with van der Waals surface area (Å²) in [6.07, 6.45) is 0. The van der Waals surface area contributed by atoms with Crippen molar-refractivity contribution < 1.29 is 15.0 Å².